The summed E-state index contributed by atoms with van der Waals surface area (Å²) in [6, 6.07) is 9.61. The minimum Gasteiger partial charge on any atom is -0.494 e. The smallest absolute Gasteiger partial charge is 0.220 e. The third kappa shape index (κ3) is 6.82. The standard InChI is InChI=1S/C16H26N2O2.ClH/c1-13(2)16(3,12-17)18-15(19)10-7-11-20-14-8-5-4-6-9-14;/h4-6,8-9,13H,7,10-12,17H2,1-3H3,(H,18,19);1H. The summed E-state index contributed by atoms with van der Waals surface area (Å²) in [4.78, 5) is 11.9. The first-order chi connectivity index (χ1) is 9.48. The Morgan fingerprint density at radius 1 is 1.33 bits per heavy atom. The van der Waals surface area contributed by atoms with Crippen molar-refractivity contribution in [2.24, 2.45) is 11.7 Å². The highest BCUT2D eigenvalue weighted by Crippen LogP contribution is 2.15. The summed E-state index contributed by atoms with van der Waals surface area (Å²) < 4.78 is 5.56. The lowest BCUT2D eigenvalue weighted by molar-refractivity contribution is -0.123. The van der Waals surface area contributed by atoms with Crippen LogP contribution in [0.3, 0.4) is 0 Å². The zero-order chi connectivity index (χ0) is 15.0. The van der Waals surface area contributed by atoms with Crippen LogP contribution in [-0.2, 0) is 4.79 Å². The molecule has 1 amide bonds. The fourth-order valence-electron chi connectivity index (χ4n) is 1.75. The maximum absolute atomic E-state index is 11.9. The normalized spacial score (nSPS) is 13.2. The molecule has 0 aliphatic heterocycles. The molecule has 120 valence electrons. The van der Waals surface area contributed by atoms with E-state index in [1.165, 1.54) is 0 Å². The highest BCUT2D eigenvalue weighted by Gasteiger charge is 2.28. The Morgan fingerprint density at radius 2 is 1.95 bits per heavy atom. The van der Waals surface area contributed by atoms with Crippen LogP contribution < -0.4 is 15.8 Å². The zero-order valence-electron chi connectivity index (χ0n) is 13.1. The molecule has 0 aliphatic carbocycles. The number of rotatable bonds is 8. The Morgan fingerprint density at radius 3 is 2.48 bits per heavy atom. The SMILES string of the molecule is CC(C)C(C)(CN)NC(=O)CCCOc1ccccc1.Cl. The average molecular weight is 315 g/mol. The number of benzene rings is 1. The summed E-state index contributed by atoms with van der Waals surface area (Å²) in [5.41, 5.74) is 5.41. The van der Waals surface area contributed by atoms with Crippen LogP contribution in [0.15, 0.2) is 30.3 Å². The molecule has 5 heteroatoms. The highest BCUT2D eigenvalue weighted by atomic mass is 35.5. The van der Waals surface area contributed by atoms with E-state index in [0.717, 1.165) is 5.75 Å². The number of amides is 1. The topological polar surface area (TPSA) is 64.3 Å². The second-order valence-corrected chi connectivity index (χ2v) is 5.59. The van der Waals surface area contributed by atoms with Crippen LogP contribution in [0.5, 0.6) is 5.75 Å². The van der Waals surface area contributed by atoms with E-state index in [-0.39, 0.29) is 23.9 Å². The third-order valence-electron chi connectivity index (χ3n) is 3.68. The van der Waals surface area contributed by atoms with Crippen molar-refractivity contribution in [2.75, 3.05) is 13.2 Å². The number of nitrogens with one attached hydrogen (secondary N) is 1. The summed E-state index contributed by atoms with van der Waals surface area (Å²) in [7, 11) is 0. The zero-order valence-corrected chi connectivity index (χ0v) is 13.9. The first-order valence-electron chi connectivity index (χ1n) is 7.17. The lowest BCUT2D eigenvalue weighted by Crippen LogP contribution is -2.55. The van der Waals surface area contributed by atoms with Crippen molar-refractivity contribution in [2.45, 2.75) is 39.2 Å². The van der Waals surface area contributed by atoms with Gasteiger partial charge in [0.05, 0.1) is 12.1 Å². The highest BCUT2D eigenvalue weighted by molar-refractivity contribution is 5.85. The van der Waals surface area contributed by atoms with Gasteiger partial charge in [-0.1, -0.05) is 32.0 Å². The van der Waals surface area contributed by atoms with E-state index >= 15 is 0 Å². The van der Waals surface area contributed by atoms with Crippen molar-refractivity contribution in [3.05, 3.63) is 30.3 Å². The Balaban J connectivity index is 0.00000400. The molecule has 1 unspecified atom stereocenters. The number of carbonyl (C=O) groups is 1. The van der Waals surface area contributed by atoms with Crippen LogP contribution in [-0.4, -0.2) is 24.6 Å². The molecule has 0 saturated carbocycles. The van der Waals surface area contributed by atoms with Crippen molar-refractivity contribution in [1.29, 1.82) is 0 Å². The van der Waals surface area contributed by atoms with Gasteiger partial charge in [0.2, 0.25) is 5.91 Å². The molecule has 0 heterocycles. The fraction of sp³-hybridized carbons (Fsp3) is 0.562. The number of carbonyl (C=O) groups excluding carboxylic acids is 1. The maximum atomic E-state index is 11.9. The number of halogens is 1. The molecule has 0 aliphatic rings. The van der Waals surface area contributed by atoms with Crippen molar-refractivity contribution in [3.63, 3.8) is 0 Å². The van der Waals surface area contributed by atoms with E-state index in [0.29, 0.717) is 31.9 Å². The number of hydrogen-bond donors (Lipinski definition) is 2. The Hall–Kier alpha value is -1.26. The molecule has 1 atom stereocenters. The van der Waals surface area contributed by atoms with Gasteiger partial charge in [0.25, 0.3) is 0 Å². The maximum Gasteiger partial charge on any atom is 0.220 e. The lowest BCUT2D eigenvalue weighted by atomic mass is 9.88. The van der Waals surface area contributed by atoms with Crippen molar-refractivity contribution >= 4 is 18.3 Å². The summed E-state index contributed by atoms with van der Waals surface area (Å²) >= 11 is 0. The van der Waals surface area contributed by atoms with Crippen LogP contribution in [0, 0.1) is 5.92 Å². The molecular weight excluding hydrogens is 288 g/mol. The Labute approximate surface area is 133 Å². The van der Waals surface area contributed by atoms with Crippen molar-refractivity contribution in [1.82, 2.24) is 5.32 Å². The molecule has 0 aromatic heterocycles. The minimum atomic E-state index is -0.336. The van der Waals surface area contributed by atoms with E-state index in [9.17, 15) is 4.79 Å². The molecule has 1 aromatic carbocycles. The molecule has 21 heavy (non-hydrogen) atoms. The number of para-hydroxylation sites is 1. The molecule has 0 radical (unpaired) electrons. The average Bonchev–Trinajstić information content (AvgIpc) is 2.44. The summed E-state index contributed by atoms with van der Waals surface area (Å²) in [5, 5.41) is 3.02. The first-order valence-corrected chi connectivity index (χ1v) is 7.17. The van der Waals surface area contributed by atoms with Gasteiger partial charge >= 0.3 is 0 Å². The van der Waals surface area contributed by atoms with E-state index in [4.69, 9.17) is 10.5 Å². The molecule has 0 fully saturated rings. The van der Waals surface area contributed by atoms with Crippen LogP contribution in [0.25, 0.3) is 0 Å². The monoisotopic (exact) mass is 314 g/mol. The van der Waals surface area contributed by atoms with Crippen molar-refractivity contribution < 1.29 is 9.53 Å². The summed E-state index contributed by atoms with van der Waals surface area (Å²) in [5.74, 6) is 1.17. The van der Waals surface area contributed by atoms with E-state index in [1.54, 1.807) is 0 Å². The minimum absolute atomic E-state index is 0. The summed E-state index contributed by atoms with van der Waals surface area (Å²) in [6.07, 6.45) is 1.15. The molecule has 0 spiro atoms. The predicted molar refractivity (Wildman–Crippen MR) is 88.9 cm³/mol. The second kappa shape index (κ2) is 9.64. The Kier molecular flexibility index (Phi) is 9.06. The lowest BCUT2D eigenvalue weighted by Gasteiger charge is -2.33. The fourth-order valence-corrected chi connectivity index (χ4v) is 1.75. The van der Waals surface area contributed by atoms with Gasteiger partial charge in [0.15, 0.2) is 0 Å². The quantitative estimate of drug-likeness (QED) is 0.725. The van der Waals surface area contributed by atoms with Gasteiger partial charge in [-0.25, -0.2) is 0 Å². The van der Waals surface area contributed by atoms with Gasteiger partial charge in [-0.05, 0) is 31.4 Å². The molecule has 1 rings (SSSR count). The van der Waals surface area contributed by atoms with Crippen LogP contribution in [0.4, 0.5) is 0 Å². The molecule has 0 bridgehead atoms. The largest absolute Gasteiger partial charge is 0.494 e. The molecular formula is C16H27ClN2O2. The summed E-state index contributed by atoms with van der Waals surface area (Å²) in [6.45, 7) is 7.09. The van der Waals surface area contributed by atoms with E-state index in [1.807, 2.05) is 37.3 Å². The van der Waals surface area contributed by atoms with Crippen LogP contribution in [0.1, 0.15) is 33.6 Å². The predicted octanol–water partition coefficient (Wildman–Crippen LogP) is 2.76. The van der Waals surface area contributed by atoms with E-state index in [2.05, 4.69) is 19.2 Å². The number of hydrogen-bond acceptors (Lipinski definition) is 3. The third-order valence-corrected chi connectivity index (χ3v) is 3.68. The number of ether oxygens (including phenoxy) is 1. The second-order valence-electron chi connectivity index (χ2n) is 5.59. The van der Waals surface area contributed by atoms with Gasteiger partial charge in [-0.15, -0.1) is 12.4 Å². The van der Waals surface area contributed by atoms with Gasteiger partial charge in [0.1, 0.15) is 5.75 Å². The van der Waals surface area contributed by atoms with Gasteiger partial charge in [-0.2, -0.15) is 0 Å². The van der Waals surface area contributed by atoms with E-state index < -0.39 is 0 Å². The van der Waals surface area contributed by atoms with Gasteiger partial charge < -0.3 is 15.8 Å². The van der Waals surface area contributed by atoms with Crippen LogP contribution >= 0.6 is 12.4 Å². The molecule has 1 aromatic rings. The molecule has 0 saturated heterocycles. The van der Waals surface area contributed by atoms with Crippen molar-refractivity contribution in [3.8, 4) is 5.75 Å². The first kappa shape index (κ1) is 19.7. The molecule has 3 N–H and O–H groups in total. The van der Waals surface area contributed by atoms with Gasteiger partial charge in [0, 0.05) is 13.0 Å². The number of nitrogens with two attached hydrogens (primary N) is 1. The molecule has 4 nitrogen and oxygen atoms in total. The Bertz CT molecular complexity index is 412. The van der Waals surface area contributed by atoms with Gasteiger partial charge in [-0.3, -0.25) is 4.79 Å². The van der Waals surface area contributed by atoms with Crippen LogP contribution in [0.2, 0.25) is 0 Å².